The first-order chi connectivity index (χ1) is 9.29. The van der Waals surface area contributed by atoms with Gasteiger partial charge in [-0.1, -0.05) is 6.07 Å². The lowest BCUT2D eigenvalue weighted by Crippen LogP contribution is -2.52. The van der Waals surface area contributed by atoms with E-state index in [1.54, 1.807) is 12.1 Å². The van der Waals surface area contributed by atoms with Gasteiger partial charge >= 0.3 is 0 Å². The molecular formula is C13H16N2O4S. The summed E-state index contributed by atoms with van der Waals surface area (Å²) in [4.78, 5) is 22.7. The van der Waals surface area contributed by atoms with Crippen LogP contribution in [-0.4, -0.2) is 26.3 Å². The van der Waals surface area contributed by atoms with Crippen LogP contribution in [0, 0.1) is 13.8 Å². The second kappa shape index (κ2) is 5.34. The quantitative estimate of drug-likeness (QED) is 0.789. The van der Waals surface area contributed by atoms with E-state index in [9.17, 15) is 18.0 Å². The zero-order chi connectivity index (χ0) is 14.9. The van der Waals surface area contributed by atoms with Crippen molar-refractivity contribution >= 4 is 21.8 Å². The molecule has 1 unspecified atom stereocenters. The van der Waals surface area contributed by atoms with Gasteiger partial charge in [0.05, 0.1) is 4.90 Å². The Morgan fingerprint density at radius 2 is 1.90 bits per heavy atom. The number of rotatable bonds is 3. The molecule has 6 nitrogen and oxygen atoms in total. The molecule has 1 fully saturated rings. The molecule has 2 amide bonds. The summed E-state index contributed by atoms with van der Waals surface area (Å²) >= 11 is 0. The molecule has 0 aliphatic carbocycles. The number of aryl methyl sites for hydroxylation is 2. The van der Waals surface area contributed by atoms with Crippen LogP contribution in [0.25, 0.3) is 0 Å². The molecule has 1 heterocycles. The predicted octanol–water partition coefficient (Wildman–Crippen LogP) is 0.387. The fraction of sp³-hybridized carbons (Fsp3) is 0.385. The minimum Gasteiger partial charge on any atom is -0.295 e. The van der Waals surface area contributed by atoms with E-state index in [2.05, 4.69) is 10.0 Å². The van der Waals surface area contributed by atoms with Gasteiger partial charge in [-0.15, -0.1) is 0 Å². The Kier molecular flexibility index (Phi) is 3.92. The van der Waals surface area contributed by atoms with Crippen molar-refractivity contribution in [2.75, 3.05) is 0 Å². The molecule has 7 heteroatoms. The molecule has 20 heavy (non-hydrogen) atoms. The lowest BCUT2D eigenvalue weighted by Gasteiger charge is -2.21. The second-order valence-corrected chi connectivity index (χ2v) is 6.59. The van der Waals surface area contributed by atoms with E-state index < -0.39 is 22.0 Å². The average Bonchev–Trinajstić information content (AvgIpc) is 2.36. The van der Waals surface area contributed by atoms with E-state index in [0.717, 1.165) is 11.1 Å². The monoisotopic (exact) mass is 296 g/mol. The van der Waals surface area contributed by atoms with E-state index in [1.165, 1.54) is 6.07 Å². The first-order valence-electron chi connectivity index (χ1n) is 6.23. The zero-order valence-corrected chi connectivity index (χ0v) is 12.1. The number of carbonyl (C=O) groups is 2. The molecule has 1 aromatic rings. The highest BCUT2D eigenvalue weighted by Gasteiger charge is 2.30. The summed E-state index contributed by atoms with van der Waals surface area (Å²) in [5, 5.41) is 2.12. The van der Waals surface area contributed by atoms with Gasteiger partial charge in [0.2, 0.25) is 21.8 Å². The molecule has 1 saturated heterocycles. The highest BCUT2D eigenvalue weighted by molar-refractivity contribution is 7.89. The fourth-order valence-electron chi connectivity index (χ4n) is 1.94. The molecule has 0 aromatic heterocycles. The molecule has 2 N–H and O–H groups in total. The SMILES string of the molecule is Cc1ccc(S(=O)(=O)NC2CCC(=O)NC2=O)cc1C. The van der Waals surface area contributed by atoms with E-state index in [-0.39, 0.29) is 23.6 Å². The Morgan fingerprint density at radius 3 is 2.50 bits per heavy atom. The zero-order valence-electron chi connectivity index (χ0n) is 11.3. The maximum absolute atomic E-state index is 12.2. The summed E-state index contributed by atoms with van der Waals surface area (Å²) < 4.78 is 26.8. The van der Waals surface area contributed by atoms with Crippen molar-refractivity contribution in [1.82, 2.24) is 10.0 Å². The molecule has 0 spiro atoms. The third-order valence-corrected chi connectivity index (χ3v) is 4.79. The van der Waals surface area contributed by atoms with Crippen molar-refractivity contribution < 1.29 is 18.0 Å². The van der Waals surface area contributed by atoms with E-state index in [1.807, 2.05) is 13.8 Å². The van der Waals surface area contributed by atoms with Crippen LogP contribution in [0.4, 0.5) is 0 Å². The van der Waals surface area contributed by atoms with Crippen LogP contribution >= 0.6 is 0 Å². The summed E-state index contributed by atoms with van der Waals surface area (Å²) in [6.07, 6.45) is 0.306. The topological polar surface area (TPSA) is 92.3 Å². The molecular weight excluding hydrogens is 280 g/mol. The van der Waals surface area contributed by atoms with Gasteiger partial charge in [0.25, 0.3) is 0 Å². The summed E-state index contributed by atoms with van der Waals surface area (Å²) in [7, 11) is -3.77. The van der Waals surface area contributed by atoms with Crippen molar-refractivity contribution in [3.8, 4) is 0 Å². The smallest absolute Gasteiger partial charge is 0.244 e. The van der Waals surface area contributed by atoms with Crippen LogP contribution in [0.1, 0.15) is 24.0 Å². The number of benzene rings is 1. The molecule has 2 rings (SSSR count). The van der Waals surface area contributed by atoms with Gasteiger partial charge in [-0.25, -0.2) is 8.42 Å². The summed E-state index contributed by atoms with van der Waals surface area (Å²) in [6.45, 7) is 3.71. The van der Waals surface area contributed by atoms with E-state index >= 15 is 0 Å². The van der Waals surface area contributed by atoms with Crippen molar-refractivity contribution in [1.29, 1.82) is 0 Å². The summed E-state index contributed by atoms with van der Waals surface area (Å²) in [5.41, 5.74) is 1.85. The maximum Gasteiger partial charge on any atom is 0.244 e. The van der Waals surface area contributed by atoms with Gasteiger partial charge in [0, 0.05) is 6.42 Å². The number of carbonyl (C=O) groups excluding carboxylic acids is 2. The largest absolute Gasteiger partial charge is 0.295 e. The Hall–Kier alpha value is -1.73. The Morgan fingerprint density at radius 1 is 1.20 bits per heavy atom. The number of imide groups is 1. The minimum absolute atomic E-state index is 0.116. The van der Waals surface area contributed by atoms with Gasteiger partial charge in [-0.3, -0.25) is 14.9 Å². The molecule has 0 saturated carbocycles. The van der Waals surface area contributed by atoms with Crippen LogP contribution in [0.3, 0.4) is 0 Å². The number of hydrogen-bond acceptors (Lipinski definition) is 4. The maximum atomic E-state index is 12.2. The van der Waals surface area contributed by atoms with E-state index in [4.69, 9.17) is 0 Å². The number of sulfonamides is 1. The van der Waals surface area contributed by atoms with E-state index in [0.29, 0.717) is 0 Å². The third kappa shape index (κ3) is 3.05. The summed E-state index contributed by atoms with van der Waals surface area (Å²) in [5.74, 6) is -0.981. The molecule has 1 atom stereocenters. The van der Waals surface area contributed by atoms with Crippen LogP contribution < -0.4 is 10.0 Å². The standard InChI is InChI=1S/C13H16N2O4S/c1-8-3-4-10(7-9(8)2)20(18,19)15-11-5-6-12(16)14-13(11)17/h3-4,7,11,15H,5-6H2,1-2H3,(H,14,16,17). The van der Waals surface area contributed by atoms with Crippen molar-refractivity contribution in [3.05, 3.63) is 29.3 Å². The van der Waals surface area contributed by atoms with Gasteiger partial charge in [-0.2, -0.15) is 4.72 Å². The lowest BCUT2D eigenvalue weighted by molar-refractivity contribution is -0.134. The van der Waals surface area contributed by atoms with Crippen LogP contribution in [0.5, 0.6) is 0 Å². The molecule has 1 aromatic carbocycles. The van der Waals surface area contributed by atoms with Gasteiger partial charge in [0.1, 0.15) is 6.04 Å². The average molecular weight is 296 g/mol. The summed E-state index contributed by atoms with van der Waals surface area (Å²) in [6, 6.07) is 3.87. The fourth-order valence-corrected chi connectivity index (χ4v) is 3.26. The molecule has 0 bridgehead atoms. The van der Waals surface area contributed by atoms with Crippen molar-refractivity contribution in [2.24, 2.45) is 0 Å². The van der Waals surface area contributed by atoms with Gasteiger partial charge in [0.15, 0.2) is 0 Å². The van der Waals surface area contributed by atoms with Crippen LogP contribution in [0.2, 0.25) is 0 Å². The Balaban J connectivity index is 2.21. The first-order valence-corrected chi connectivity index (χ1v) is 7.71. The van der Waals surface area contributed by atoms with Crippen LogP contribution in [-0.2, 0) is 19.6 Å². The number of hydrogen-bond donors (Lipinski definition) is 2. The predicted molar refractivity (Wildman–Crippen MR) is 72.4 cm³/mol. The molecule has 0 radical (unpaired) electrons. The van der Waals surface area contributed by atoms with Gasteiger partial charge in [-0.05, 0) is 43.5 Å². The third-order valence-electron chi connectivity index (χ3n) is 3.33. The number of amides is 2. The van der Waals surface area contributed by atoms with Crippen LogP contribution in [0.15, 0.2) is 23.1 Å². The highest BCUT2D eigenvalue weighted by atomic mass is 32.2. The second-order valence-electron chi connectivity index (χ2n) is 4.87. The van der Waals surface area contributed by atoms with Crippen molar-refractivity contribution in [3.63, 3.8) is 0 Å². The number of piperidine rings is 1. The van der Waals surface area contributed by atoms with Crippen molar-refractivity contribution in [2.45, 2.75) is 37.6 Å². The molecule has 1 aliphatic rings. The Labute approximate surface area is 117 Å². The molecule has 108 valence electrons. The minimum atomic E-state index is -3.77. The molecule has 1 aliphatic heterocycles. The first kappa shape index (κ1) is 14.7. The number of nitrogens with one attached hydrogen (secondary N) is 2. The lowest BCUT2D eigenvalue weighted by atomic mass is 10.1. The highest BCUT2D eigenvalue weighted by Crippen LogP contribution is 2.16. The normalized spacial score (nSPS) is 19.8. The van der Waals surface area contributed by atoms with Gasteiger partial charge < -0.3 is 0 Å². The Bertz CT molecular complexity index is 667.